The van der Waals surface area contributed by atoms with Crippen LogP contribution in [0.25, 0.3) is 0 Å². The van der Waals surface area contributed by atoms with E-state index in [1.165, 1.54) is 34.8 Å². The molecule has 0 spiro atoms. The number of benzene rings is 2. The Labute approximate surface area is 235 Å². The van der Waals surface area contributed by atoms with Crippen molar-refractivity contribution in [3.8, 4) is 0 Å². The summed E-state index contributed by atoms with van der Waals surface area (Å²) in [6.45, 7) is -0.00107. The lowest BCUT2D eigenvalue weighted by atomic mass is 9.65. The van der Waals surface area contributed by atoms with Crippen molar-refractivity contribution in [3.05, 3.63) is 113 Å². The van der Waals surface area contributed by atoms with Crippen molar-refractivity contribution in [2.75, 3.05) is 18.4 Å². The Kier molecular flexibility index (Phi) is 7.82. The molecule has 0 radical (unpaired) electrons. The van der Waals surface area contributed by atoms with Gasteiger partial charge in [-0.15, -0.1) is 4.31 Å². The van der Waals surface area contributed by atoms with Crippen LogP contribution >= 0.6 is 0 Å². The van der Waals surface area contributed by atoms with Crippen molar-refractivity contribution in [1.82, 2.24) is 9.29 Å². The molecule has 5 rings (SSSR count). The molecule has 2 heterocycles. The van der Waals surface area contributed by atoms with Gasteiger partial charge in [-0.25, -0.2) is 8.78 Å². The minimum absolute atomic E-state index is 0.0200. The molecule has 1 aliphatic carbocycles. The summed E-state index contributed by atoms with van der Waals surface area (Å²) >= 11 is -2.15. The molecule has 1 fully saturated rings. The number of carbonyl (C=O) groups is 1. The number of anilines is 1. The van der Waals surface area contributed by atoms with E-state index < -0.39 is 40.2 Å². The van der Waals surface area contributed by atoms with E-state index in [-0.39, 0.29) is 42.3 Å². The third-order valence-corrected chi connectivity index (χ3v) is 8.60. The summed E-state index contributed by atoms with van der Waals surface area (Å²) in [5, 5.41) is 11.2. The Morgan fingerprint density at radius 3 is 2.54 bits per heavy atom. The summed E-state index contributed by atoms with van der Waals surface area (Å²) in [4.78, 5) is 18.0. The lowest BCUT2D eigenvalue weighted by Gasteiger charge is -2.45. The second-order valence-electron chi connectivity index (χ2n) is 9.69. The maximum Gasteiger partial charge on any atom is 0.419 e. The van der Waals surface area contributed by atoms with Crippen LogP contribution in [0.4, 0.5) is 27.6 Å². The zero-order chi connectivity index (χ0) is 29.4. The van der Waals surface area contributed by atoms with Crippen molar-refractivity contribution in [3.63, 3.8) is 0 Å². The number of nitrogens with one attached hydrogen (secondary N) is 2. The summed E-state index contributed by atoms with van der Waals surface area (Å²) in [5.74, 6) is -2.28. The number of nitrogens with zero attached hydrogens (tertiary/aromatic N) is 2. The molecule has 0 amide bonds. The lowest BCUT2D eigenvalue weighted by molar-refractivity contribution is -0.140. The molecule has 2 atom stereocenters. The maximum absolute atomic E-state index is 14.1. The van der Waals surface area contributed by atoms with Crippen LogP contribution in [0.15, 0.2) is 94.7 Å². The summed E-state index contributed by atoms with van der Waals surface area (Å²) in [5.41, 5.74) is -0.487. The van der Waals surface area contributed by atoms with E-state index in [2.05, 4.69) is 10.3 Å². The Hall–Kier alpha value is -3.87. The Morgan fingerprint density at radius 2 is 1.88 bits per heavy atom. The summed E-state index contributed by atoms with van der Waals surface area (Å²) in [7, 11) is 0. The number of allylic oxidation sites excluding steroid dienone is 2. The number of rotatable bonds is 7. The fourth-order valence-electron chi connectivity index (χ4n) is 5.13. The molecule has 41 heavy (non-hydrogen) atoms. The van der Waals surface area contributed by atoms with Crippen molar-refractivity contribution in [2.45, 2.75) is 23.9 Å². The Balaban J connectivity index is 1.53. The predicted molar refractivity (Wildman–Crippen MR) is 144 cm³/mol. The number of carbonyl (C=O) groups excluding carboxylic acids is 1. The predicted octanol–water partition coefficient (Wildman–Crippen LogP) is 6.32. The first-order valence-electron chi connectivity index (χ1n) is 12.5. The van der Waals surface area contributed by atoms with E-state index in [0.29, 0.717) is 34.7 Å². The van der Waals surface area contributed by atoms with Gasteiger partial charge in [-0.3, -0.25) is 9.78 Å². The highest BCUT2D eigenvalue weighted by molar-refractivity contribution is 7.89. The largest absolute Gasteiger partial charge is 0.593 e. The average Bonchev–Trinajstić information content (AvgIpc) is 2.97. The van der Waals surface area contributed by atoms with Crippen LogP contribution in [0.5, 0.6) is 0 Å². The number of pyridine rings is 1. The number of hydrogen-bond acceptors (Lipinski definition) is 6. The molecule has 0 bridgehead atoms. The molecule has 1 aromatic heterocycles. The average molecular weight is 587 g/mol. The number of piperidine rings is 1. The monoisotopic (exact) mass is 586 g/mol. The minimum atomic E-state index is -4.97. The molecule has 0 saturated carbocycles. The van der Waals surface area contributed by atoms with Gasteiger partial charge in [-0.2, -0.15) is 13.2 Å². The molecule has 2 N–H and O–H groups in total. The third-order valence-electron chi connectivity index (χ3n) is 7.16. The second-order valence-corrected chi connectivity index (χ2v) is 11.2. The van der Waals surface area contributed by atoms with Gasteiger partial charge < -0.3 is 15.3 Å². The zero-order valence-corrected chi connectivity index (χ0v) is 22.2. The zero-order valence-electron chi connectivity index (χ0n) is 21.3. The van der Waals surface area contributed by atoms with Gasteiger partial charge in [0, 0.05) is 36.4 Å². The van der Waals surface area contributed by atoms with Crippen LogP contribution in [0.2, 0.25) is 0 Å². The molecule has 2 aromatic carbocycles. The Bertz CT molecular complexity index is 1540. The van der Waals surface area contributed by atoms with Gasteiger partial charge in [0.2, 0.25) is 0 Å². The topological polar surface area (TPSA) is 92.1 Å². The van der Waals surface area contributed by atoms with Gasteiger partial charge in [-0.1, -0.05) is 11.6 Å². The first kappa shape index (κ1) is 28.7. The Morgan fingerprint density at radius 1 is 1.12 bits per heavy atom. The second kappa shape index (κ2) is 11.2. The molecular weight excluding hydrogens is 563 g/mol. The highest BCUT2D eigenvalue weighted by Crippen LogP contribution is 2.48. The van der Waals surface area contributed by atoms with E-state index in [1.54, 1.807) is 24.3 Å². The molecular formula is C29H23F5N4O2S. The van der Waals surface area contributed by atoms with Crippen LogP contribution < -0.4 is 5.32 Å². The third kappa shape index (κ3) is 5.67. The number of Topliss-reactive ketones (excluding diaryl/α,β-unsaturated/α-hetero) is 1. The number of ketones is 1. The van der Waals surface area contributed by atoms with Crippen molar-refractivity contribution < 1.29 is 31.3 Å². The van der Waals surface area contributed by atoms with Crippen LogP contribution in [0.3, 0.4) is 0 Å². The SMILES string of the molecule is N=CC1=C(Nc2ccc(F)cc2)C=C2CCN([S+]([O-])c3ccc(F)c(C(F)(F)F)c3)CC2(C(=O)c2ccccn2)C1. The molecule has 212 valence electrons. The molecule has 1 saturated heterocycles. The standard InChI is InChI=1S/C29H23F5N4O2S/c30-20-4-6-21(7-5-20)37-26-13-19-10-12-38(41(40)22-8-9-24(31)23(14-22)29(32,33)34)17-28(19,15-18(26)16-35)27(39)25-3-1-2-11-36-25/h1-9,11,13-14,16,35,37H,10,12,15,17H2. The molecule has 2 unspecified atom stereocenters. The lowest BCUT2D eigenvalue weighted by Crippen LogP contribution is -2.52. The maximum atomic E-state index is 14.1. The van der Waals surface area contributed by atoms with Crippen LogP contribution in [-0.4, -0.2) is 38.9 Å². The van der Waals surface area contributed by atoms with E-state index in [0.717, 1.165) is 12.3 Å². The summed E-state index contributed by atoms with van der Waals surface area (Å²) < 4.78 is 82.3. The van der Waals surface area contributed by atoms with E-state index in [4.69, 9.17) is 5.41 Å². The van der Waals surface area contributed by atoms with Gasteiger partial charge in [0.1, 0.15) is 17.3 Å². The smallest absolute Gasteiger partial charge is 0.419 e. The number of halogens is 5. The number of fused-ring (bicyclic) bond motifs is 1. The number of alkyl halides is 3. The number of aromatic nitrogens is 1. The van der Waals surface area contributed by atoms with Gasteiger partial charge in [0.05, 0.1) is 28.9 Å². The summed E-state index contributed by atoms with van der Waals surface area (Å²) in [6.07, 6.45) is -0.421. The van der Waals surface area contributed by atoms with Gasteiger partial charge >= 0.3 is 6.18 Å². The highest BCUT2D eigenvalue weighted by atomic mass is 32.2. The fraction of sp³-hybridized carbons (Fsp3) is 0.207. The van der Waals surface area contributed by atoms with Crippen molar-refractivity contribution in [2.24, 2.45) is 5.41 Å². The van der Waals surface area contributed by atoms with Crippen LogP contribution in [-0.2, 0) is 17.5 Å². The highest BCUT2D eigenvalue weighted by Gasteiger charge is 2.51. The van der Waals surface area contributed by atoms with E-state index in [9.17, 15) is 31.3 Å². The van der Waals surface area contributed by atoms with Gasteiger partial charge in [0.25, 0.3) is 0 Å². The summed E-state index contributed by atoms with van der Waals surface area (Å²) in [6, 6.07) is 12.7. The molecule has 6 nitrogen and oxygen atoms in total. The van der Waals surface area contributed by atoms with E-state index >= 15 is 0 Å². The first-order chi connectivity index (χ1) is 19.5. The van der Waals surface area contributed by atoms with E-state index in [1.807, 2.05) is 0 Å². The normalized spacial score (nSPS) is 20.2. The quantitative estimate of drug-likeness (QED) is 0.146. The molecule has 1 aliphatic heterocycles. The first-order valence-corrected chi connectivity index (χ1v) is 13.6. The van der Waals surface area contributed by atoms with Crippen LogP contribution in [0, 0.1) is 22.5 Å². The van der Waals surface area contributed by atoms with Gasteiger partial charge in [0.15, 0.2) is 10.7 Å². The van der Waals surface area contributed by atoms with Crippen LogP contribution in [0.1, 0.15) is 28.9 Å². The molecule has 3 aromatic rings. The van der Waals surface area contributed by atoms with Crippen molar-refractivity contribution in [1.29, 1.82) is 5.41 Å². The molecule has 12 heteroatoms. The van der Waals surface area contributed by atoms with Gasteiger partial charge in [-0.05, 0) is 73.0 Å². The fourth-order valence-corrected chi connectivity index (χ4v) is 6.42. The molecule has 2 aliphatic rings. The van der Waals surface area contributed by atoms with Crippen molar-refractivity contribution >= 4 is 29.0 Å². The number of hydrogen-bond donors (Lipinski definition) is 2. The minimum Gasteiger partial charge on any atom is -0.593 e.